The number of aromatic nitrogens is 2. The Morgan fingerprint density at radius 1 is 1.44 bits per heavy atom. The number of benzene rings is 1. The van der Waals surface area contributed by atoms with Crippen LogP contribution in [0.5, 0.6) is 0 Å². The highest BCUT2D eigenvalue weighted by atomic mass is 32.2. The molecule has 0 saturated carbocycles. The SMILES string of the molecule is Cc1cc(CS(=O)c2ccc(F)cc2N)n(C)n1. The Morgan fingerprint density at radius 2 is 2.17 bits per heavy atom. The van der Waals surface area contributed by atoms with Crippen LogP contribution < -0.4 is 5.73 Å². The van der Waals surface area contributed by atoms with Crippen molar-refractivity contribution in [1.82, 2.24) is 9.78 Å². The van der Waals surface area contributed by atoms with Crippen LogP contribution in [0.1, 0.15) is 11.4 Å². The highest BCUT2D eigenvalue weighted by molar-refractivity contribution is 7.84. The molecule has 1 unspecified atom stereocenters. The van der Waals surface area contributed by atoms with Crippen LogP contribution in [0, 0.1) is 12.7 Å². The molecule has 2 rings (SSSR count). The zero-order chi connectivity index (χ0) is 13.3. The largest absolute Gasteiger partial charge is 0.398 e. The fraction of sp³-hybridized carbons (Fsp3) is 0.250. The van der Waals surface area contributed by atoms with Crippen molar-refractivity contribution in [1.29, 1.82) is 0 Å². The fourth-order valence-electron chi connectivity index (χ4n) is 1.74. The summed E-state index contributed by atoms with van der Waals surface area (Å²) in [6, 6.07) is 5.78. The van der Waals surface area contributed by atoms with Crippen molar-refractivity contribution >= 4 is 16.5 Å². The molecule has 1 atom stereocenters. The number of nitrogen functional groups attached to an aromatic ring is 1. The maximum absolute atomic E-state index is 12.9. The Labute approximate surface area is 107 Å². The van der Waals surface area contributed by atoms with Crippen molar-refractivity contribution in [3.8, 4) is 0 Å². The van der Waals surface area contributed by atoms with E-state index in [4.69, 9.17) is 5.73 Å². The van der Waals surface area contributed by atoms with E-state index in [1.165, 1.54) is 18.2 Å². The number of nitrogens with two attached hydrogens (primary N) is 1. The van der Waals surface area contributed by atoms with Gasteiger partial charge in [0.15, 0.2) is 0 Å². The molecule has 0 fully saturated rings. The first kappa shape index (κ1) is 12.8. The first-order valence-electron chi connectivity index (χ1n) is 5.40. The normalized spacial score (nSPS) is 12.6. The van der Waals surface area contributed by atoms with Gasteiger partial charge in [-0.25, -0.2) is 4.39 Å². The second-order valence-corrected chi connectivity index (χ2v) is 5.49. The zero-order valence-corrected chi connectivity index (χ0v) is 11.0. The summed E-state index contributed by atoms with van der Waals surface area (Å²) in [4.78, 5) is 0.454. The fourth-order valence-corrected chi connectivity index (χ4v) is 2.97. The van der Waals surface area contributed by atoms with Gasteiger partial charge in [0.2, 0.25) is 0 Å². The average molecular weight is 267 g/mol. The van der Waals surface area contributed by atoms with Gasteiger partial charge in [0, 0.05) is 7.05 Å². The van der Waals surface area contributed by atoms with Gasteiger partial charge in [-0.15, -0.1) is 0 Å². The third-order valence-electron chi connectivity index (χ3n) is 2.59. The summed E-state index contributed by atoms with van der Waals surface area (Å²) in [6.07, 6.45) is 0. The van der Waals surface area contributed by atoms with Crippen molar-refractivity contribution in [3.63, 3.8) is 0 Å². The number of hydrogen-bond donors (Lipinski definition) is 1. The monoisotopic (exact) mass is 267 g/mol. The Bertz CT molecular complexity index is 609. The lowest BCUT2D eigenvalue weighted by atomic mass is 10.3. The van der Waals surface area contributed by atoms with Crippen LogP contribution in [0.2, 0.25) is 0 Å². The molecule has 0 aliphatic rings. The maximum atomic E-state index is 12.9. The minimum Gasteiger partial charge on any atom is -0.398 e. The van der Waals surface area contributed by atoms with E-state index in [1.807, 2.05) is 13.0 Å². The summed E-state index contributed by atoms with van der Waals surface area (Å²) in [7, 11) is 0.495. The first-order valence-corrected chi connectivity index (χ1v) is 6.72. The van der Waals surface area contributed by atoms with E-state index in [0.717, 1.165) is 11.4 Å². The van der Waals surface area contributed by atoms with Crippen molar-refractivity contribution in [2.24, 2.45) is 7.05 Å². The summed E-state index contributed by atoms with van der Waals surface area (Å²) in [6.45, 7) is 1.87. The van der Waals surface area contributed by atoms with Crippen LogP contribution in [-0.4, -0.2) is 14.0 Å². The summed E-state index contributed by atoms with van der Waals surface area (Å²) in [5.74, 6) is -0.114. The maximum Gasteiger partial charge on any atom is 0.125 e. The molecule has 96 valence electrons. The molecule has 0 aliphatic heterocycles. The molecule has 1 aromatic heterocycles. The third-order valence-corrected chi connectivity index (χ3v) is 4.02. The average Bonchev–Trinajstić information content (AvgIpc) is 2.57. The number of rotatable bonds is 3. The first-order chi connectivity index (χ1) is 8.47. The minimum atomic E-state index is -1.30. The summed E-state index contributed by atoms with van der Waals surface area (Å²) in [5.41, 5.74) is 7.61. The number of nitrogens with zero attached hydrogens (tertiary/aromatic N) is 2. The molecule has 0 saturated heterocycles. The molecular weight excluding hydrogens is 253 g/mol. The third kappa shape index (κ3) is 2.59. The predicted octanol–water partition coefficient (Wildman–Crippen LogP) is 1.76. The van der Waals surface area contributed by atoms with Gasteiger partial charge in [-0.2, -0.15) is 5.10 Å². The molecule has 0 amide bonds. The molecule has 0 aliphatic carbocycles. The van der Waals surface area contributed by atoms with Gasteiger partial charge in [-0.1, -0.05) is 0 Å². The Balaban J connectivity index is 2.24. The van der Waals surface area contributed by atoms with Crippen molar-refractivity contribution in [2.75, 3.05) is 5.73 Å². The predicted molar refractivity (Wildman–Crippen MR) is 68.9 cm³/mol. The van der Waals surface area contributed by atoms with Crippen LogP contribution in [-0.2, 0) is 23.6 Å². The van der Waals surface area contributed by atoms with E-state index in [1.54, 1.807) is 11.7 Å². The number of halogens is 1. The Morgan fingerprint density at radius 3 is 2.72 bits per heavy atom. The summed E-state index contributed by atoms with van der Waals surface area (Å²) >= 11 is 0. The standard InChI is InChI=1S/C12H14FN3OS/c1-8-5-10(16(2)15-8)7-18(17)12-4-3-9(13)6-11(12)14/h3-6H,7,14H2,1-2H3. The van der Waals surface area contributed by atoms with Gasteiger partial charge in [0.05, 0.1) is 38.5 Å². The Hall–Kier alpha value is -1.69. The van der Waals surface area contributed by atoms with Gasteiger partial charge in [-0.05, 0) is 31.2 Å². The molecule has 0 bridgehead atoms. The second kappa shape index (κ2) is 4.89. The molecule has 6 heteroatoms. The van der Waals surface area contributed by atoms with Crippen molar-refractivity contribution in [2.45, 2.75) is 17.6 Å². The summed E-state index contributed by atoms with van der Waals surface area (Å²) in [5, 5.41) is 4.19. The quantitative estimate of drug-likeness (QED) is 0.862. The molecule has 0 radical (unpaired) electrons. The lowest BCUT2D eigenvalue weighted by molar-refractivity contribution is 0.627. The second-order valence-electron chi connectivity index (χ2n) is 4.07. The van der Waals surface area contributed by atoms with Crippen LogP contribution in [0.3, 0.4) is 0 Å². The van der Waals surface area contributed by atoms with E-state index in [9.17, 15) is 8.60 Å². The van der Waals surface area contributed by atoms with E-state index >= 15 is 0 Å². The van der Waals surface area contributed by atoms with Gasteiger partial charge >= 0.3 is 0 Å². The van der Waals surface area contributed by atoms with E-state index in [0.29, 0.717) is 10.6 Å². The number of hydrogen-bond acceptors (Lipinski definition) is 3. The van der Waals surface area contributed by atoms with Crippen molar-refractivity contribution < 1.29 is 8.60 Å². The van der Waals surface area contributed by atoms with Gasteiger partial charge in [0.1, 0.15) is 5.82 Å². The highest BCUT2D eigenvalue weighted by Gasteiger charge is 2.12. The molecule has 2 N–H and O–H groups in total. The van der Waals surface area contributed by atoms with Crippen LogP contribution >= 0.6 is 0 Å². The lowest BCUT2D eigenvalue weighted by Crippen LogP contribution is -2.05. The van der Waals surface area contributed by atoms with E-state index < -0.39 is 16.6 Å². The molecule has 4 nitrogen and oxygen atoms in total. The molecule has 0 spiro atoms. The highest BCUT2D eigenvalue weighted by Crippen LogP contribution is 2.20. The minimum absolute atomic E-state index is 0.215. The van der Waals surface area contributed by atoms with E-state index in [-0.39, 0.29) is 5.69 Å². The van der Waals surface area contributed by atoms with Crippen LogP contribution in [0.4, 0.5) is 10.1 Å². The zero-order valence-electron chi connectivity index (χ0n) is 10.2. The molecular formula is C12H14FN3OS. The molecule has 1 heterocycles. The number of aryl methyl sites for hydroxylation is 2. The Kier molecular flexibility index (Phi) is 3.47. The number of anilines is 1. The van der Waals surface area contributed by atoms with Crippen molar-refractivity contribution in [3.05, 3.63) is 41.5 Å². The van der Waals surface area contributed by atoms with Gasteiger partial charge in [0.25, 0.3) is 0 Å². The van der Waals surface area contributed by atoms with Crippen LogP contribution in [0.25, 0.3) is 0 Å². The van der Waals surface area contributed by atoms with Gasteiger partial charge in [-0.3, -0.25) is 8.89 Å². The molecule has 1 aromatic carbocycles. The van der Waals surface area contributed by atoms with E-state index in [2.05, 4.69) is 5.10 Å². The smallest absolute Gasteiger partial charge is 0.125 e. The topological polar surface area (TPSA) is 60.9 Å². The summed E-state index contributed by atoms with van der Waals surface area (Å²) < 4.78 is 26.8. The molecule has 2 aromatic rings. The molecule has 18 heavy (non-hydrogen) atoms. The lowest BCUT2D eigenvalue weighted by Gasteiger charge is -2.06. The van der Waals surface area contributed by atoms with Gasteiger partial charge < -0.3 is 5.73 Å². The van der Waals surface area contributed by atoms with Crippen LogP contribution in [0.15, 0.2) is 29.2 Å².